The van der Waals surface area contributed by atoms with Crippen molar-refractivity contribution < 1.29 is 22.0 Å². The largest absolute Gasteiger partial charge is 0.353 e. The van der Waals surface area contributed by atoms with Gasteiger partial charge in [-0.15, -0.1) is 0 Å². The minimum Gasteiger partial charge on any atom is -0.353 e. The topological polar surface area (TPSA) is 138 Å². The first-order valence-corrected chi connectivity index (χ1v) is 13.4. The maximum Gasteiger partial charge on any atom is 0.280 e. The molecule has 0 aromatic carbocycles. The van der Waals surface area contributed by atoms with Crippen LogP contribution >= 0.6 is 0 Å². The van der Waals surface area contributed by atoms with Gasteiger partial charge in [-0.25, -0.2) is 23.5 Å². The van der Waals surface area contributed by atoms with Gasteiger partial charge in [0.15, 0.2) is 0 Å². The molecule has 2 aromatic rings. The summed E-state index contributed by atoms with van der Waals surface area (Å²) in [6.07, 6.45) is 4.12. The number of carbonyl (C=O) groups is 1. The van der Waals surface area contributed by atoms with Gasteiger partial charge in [0.25, 0.3) is 16.1 Å². The van der Waals surface area contributed by atoms with Crippen LogP contribution in [0.5, 0.6) is 0 Å². The summed E-state index contributed by atoms with van der Waals surface area (Å²) < 4.78 is 58.5. The van der Waals surface area contributed by atoms with Gasteiger partial charge in [0.1, 0.15) is 17.8 Å². The van der Waals surface area contributed by atoms with Crippen LogP contribution in [-0.4, -0.2) is 88.7 Å². The molecule has 1 atom stereocenters. The first kappa shape index (κ1) is 24.8. The number of anilines is 1. The highest BCUT2D eigenvalue weighted by Crippen LogP contribution is 2.46. The Morgan fingerprint density at radius 2 is 2.08 bits per heavy atom. The zero-order chi connectivity index (χ0) is 25.6. The summed E-state index contributed by atoms with van der Waals surface area (Å²) in [5, 5.41) is 9.57. The Morgan fingerprint density at radius 1 is 1.28 bits per heavy atom. The number of nitrogens with zero attached hydrogens (tertiary/aromatic N) is 6. The molecule has 0 radical (unpaired) electrons. The molecule has 0 bridgehead atoms. The Morgan fingerprint density at radius 3 is 2.83 bits per heavy atom. The Balaban J connectivity index is 1.21. The molecule has 2 aliphatic heterocycles. The third-order valence-electron chi connectivity index (χ3n) is 7.25. The molecule has 2 saturated heterocycles. The number of H-pyrrole nitrogens is 1. The number of carbonyl (C=O) groups excluding carboxylic acids is 1. The van der Waals surface area contributed by atoms with Gasteiger partial charge in [0, 0.05) is 57.7 Å². The van der Waals surface area contributed by atoms with E-state index in [1.54, 1.807) is 6.20 Å². The number of amides is 1. The quantitative estimate of drug-likeness (QED) is 0.534. The normalized spacial score (nSPS) is 23.3. The fourth-order valence-corrected chi connectivity index (χ4v) is 6.97. The summed E-state index contributed by atoms with van der Waals surface area (Å²) in [4.78, 5) is 27.2. The minimum absolute atomic E-state index is 0.0427. The third-order valence-corrected chi connectivity index (χ3v) is 8.97. The fourth-order valence-electron chi connectivity index (χ4n) is 5.37. The van der Waals surface area contributed by atoms with Crippen molar-refractivity contribution >= 4 is 33.0 Å². The number of piperazine rings is 1. The number of likely N-dealkylation sites (tertiary alicyclic amines) is 1. The maximum atomic E-state index is 14.0. The van der Waals surface area contributed by atoms with E-state index in [1.165, 1.54) is 10.6 Å². The average molecular weight is 523 g/mol. The van der Waals surface area contributed by atoms with Crippen LogP contribution in [-0.2, 0) is 15.0 Å². The monoisotopic (exact) mass is 522 g/mol. The smallest absolute Gasteiger partial charge is 0.280 e. The van der Waals surface area contributed by atoms with Gasteiger partial charge in [-0.1, -0.05) is 0 Å². The van der Waals surface area contributed by atoms with Crippen molar-refractivity contribution in [2.75, 3.05) is 37.6 Å². The Kier molecular flexibility index (Phi) is 6.34. The van der Waals surface area contributed by atoms with Crippen molar-refractivity contribution in [2.24, 2.45) is 0 Å². The zero-order valence-corrected chi connectivity index (χ0v) is 20.5. The lowest BCUT2D eigenvalue weighted by atomic mass is 10.1. The summed E-state index contributed by atoms with van der Waals surface area (Å²) in [5.41, 5.74) is 0.191. The van der Waals surface area contributed by atoms with Gasteiger partial charge < -0.3 is 14.8 Å². The molecule has 2 N–H and O–H groups in total. The molecule has 3 fully saturated rings. The highest BCUT2D eigenvalue weighted by Gasteiger charge is 2.56. The van der Waals surface area contributed by atoms with Gasteiger partial charge >= 0.3 is 0 Å². The second kappa shape index (κ2) is 9.20. The SMILES string of the molecule is N#CCCC(=O)N1CC(F)(F)C[C@@H]1CCNS(=O)(=O)N1CCN(c2ncnc3[nH]ccc23)CC12CC2. The number of halogens is 2. The summed E-state index contributed by atoms with van der Waals surface area (Å²) in [7, 11) is -3.85. The second-order valence-electron chi connectivity index (χ2n) is 9.74. The number of hydrogen-bond donors (Lipinski definition) is 2. The lowest BCUT2D eigenvalue weighted by Gasteiger charge is -2.41. The van der Waals surface area contributed by atoms with E-state index in [1.807, 2.05) is 12.1 Å². The molecule has 194 valence electrons. The van der Waals surface area contributed by atoms with Crippen LogP contribution in [0.3, 0.4) is 0 Å². The molecule has 1 saturated carbocycles. The molecule has 1 aliphatic carbocycles. The molecule has 14 heteroatoms. The Bertz CT molecular complexity index is 1290. The molecule has 2 aromatic heterocycles. The van der Waals surface area contributed by atoms with Crippen LogP contribution in [0.25, 0.3) is 11.0 Å². The lowest BCUT2D eigenvalue weighted by Crippen LogP contribution is -2.59. The number of nitriles is 1. The first-order chi connectivity index (χ1) is 17.1. The Labute approximate surface area is 207 Å². The fraction of sp³-hybridized carbons (Fsp3) is 0.636. The van der Waals surface area contributed by atoms with E-state index in [0.717, 1.165) is 34.6 Å². The molecule has 4 heterocycles. The first-order valence-electron chi connectivity index (χ1n) is 12.0. The number of nitrogens with one attached hydrogen (secondary N) is 2. The van der Waals surface area contributed by atoms with Crippen LogP contribution in [0.1, 0.15) is 38.5 Å². The van der Waals surface area contributed by atoms with E-state index in [-0.39, 0.29) is 32.4 Å². The molecule has 5 rings (SSSR count). The number of rotatable bonds is 8. The standard InChI is InChI=1S/C22H28F2N8O3S/c23-22(24)12-16(31(14-22)18(33)2-1-7-25)3-9-29-36(34,35)32-11-10-30(13-21(32)5-6-21)20-17-4-8-26-19(17)27-15-28-20/h4,8,15-16,29H,1-3,5-6,9-14H2,(H,26,27,28)/t16-/m0/s1. The number of aromatic amines is 1. The maximum absolute atomic E-state index is 14.0. The molecular weight excluding hydrogens is 494 g/mol. The minimum atomic E-state index is -3.85. The highest BCUT2D eigenvalue weighted by atomic mass is 32.2. The molecule has 1 amide bonds. The van der Waals surface area contributed by atoms with Gasteiger partial charge in [-0.05, 0) is 25.3 Å². The lowest BCUT2D eigenvalue weighted by molar-refractivity contribution is -0.133. The van der Waals surface area contributed by atoms with Crippen LogP contribution in [0.15, 0.2) is 18.6 Å². The van der Waals surface area contributed by atoms with Crippen molar-refractivity contribution in [3.63, 3.8) is 0 Å². The molecule has 1 spiro atoms. The van der Waals surface area contributed by atoms with Gasteiger partial charge in [0.2, 0.25) is 5.91 Å². The Hall–Kier alpha value is -2.89. The van der Waals surface area contributed by atoms with Crippen LogP contribution in [0.2, 0.25) is 0 Å². The van der Waals surface area contributed by atoms with E-state index in [0.29, 0.717) is 13.1 Å². The van der Waals surface area contributed by atoms with E-state index >= 15 is 0 Å². The molecule has 36 heavy (non-hydrogen) atoms. The van der Waals surface area contributed by atoms with E-state index in [9.17, 15) is 22.0 Å². The highest BCUT2D eigenvalue weighted by molar-refractivity contribution is 7.87. The van der Waals surface area contributed by atoms with E-state index < -0.39 is 46.6 Å². The van der Waals surface area contributed by atoms with Crippen molar-refractivity contribution in [1.29, 1.82) is 5.26 Å². The molecular formula is C22H28F2N8O3S. The summed E-state index contributed by atoms with van der Waals surface area (Å²) in [5.74, 6) is -2.76. The zero-order valence-electron chi connectivity index (χ0n) is 19.7. The summed E-state index contributed by atoms with van der Waals surface area (Å²) in [6.45, 7) is 0.469. The molecule has 3 aliphatic rings. The van der Waals surface area contributed by atoms with Crippen molar-refractivity contribution in [1.82, 2.24) is 28.9 Å². The number of alkyl halides is 2. The van der Waals surface area contributed by atoms with Crippen molar-refractivity contribution in [3.8, 4) is 6.07 Å². The molecule has 11 nitrogen and oxygen atoms in total. The number of hydrogen-bond acceptors (Lipinski definition) is 7. The number of aromatic nitrogens is 3. The van der Waals surface area contributed by atoms with Crippen molar-refractivity contribution in [2.45, 2.75) is 56.0 Å². The average Bonchev–Trinajstić information content (AvgIpc) is 3.26. The predicted molar refractivity (Wildman–Crippen MR) is 126 cm³/mol. The predicted octanol–water partition coefficient (Wildman–Crippen LogP) is 1.38. The van der Waals surface area contributed by atoms with Crippen molar-refractivity contribution in [3.05, 3.63) is 18.6 Å². The van der Waals surface area contributed by atoms with Gasteiger partial charge in [-0.3, -0.25) is 4.79 Å². The number of fused-ring (bicyclic) bond motifs is 1. The van der Waals surface area contributed by atoms with Crippen LogP contribution in [0, 0.1) is 11.3 Å². The van der Waals surface area contributed by atoms with E-state index in [2.05, 4.69) is 24.6 Å². The van der Waals surface area contributed by atoms with Crippen LogP contribution < -0.4 is 9.62 Å². The summed E-state index contributed by atoms with van der Waals surface area (Å²) >= 11 is 0. The van der Waals surface area contributed by atoms with E-state index in [4.69, 9.17) is 5.26 Å². The van der Waals surface area contributed by atoms with Gasteiger partial charge in [-0.2, -0.15) is 18.0 Å². The molecule has 0 unspecified atom stereocenters. The summed E-state index contributed by atoms with van der Waals surface area (Å²) in [6, 6.07) is 2.97. The second-order valence-corrected chi connectivity index (χ2v) is 11.4. The van der Waals surface area contributed by atoms with Gasteiger partial charge in [0.05, 0.1) is 23.5 Å². The third kappa shape index (κ3) is 4.74. The van der Waals surface area contributed by atoms with Crippen LogP contribution in [0.4, 0.5) is 14.6 Å².